The summed E-state index contributed by atoms with van der Waals surface area (Å²) in [6.07, 6.45) is 6.99. The average Bonchev–Trinajstić information content (AvgIpc) is 2.79. The minimum absolute atomic E-state index is 0.221. The van der Waals surface area contributed by atoms with Crippen LogP contribution in [0.2, 0.25) is 0 Å². The second-order valence-electron chi connectivity index (χ2n) is 5.94. The highest BCUT2D eigenvalue weighted by Crippen LogP contribution is 2.16. The number of nitrogens with two attached hydrogens (primary N) is 3. The molecule has 0 saturated carbocycles. The first-order chi connectivity index (χ1) is 12.6. The van der Waals surface area contributed by atoms with E-state index in [9.17, 15) is 4.79 Å². The van der Waals surface area contributed by atoms with Gasteiger partial charge in [-0.25, -0.2) is 10.1 Å². The Bertz CT molecular complexity index is 574. The molecule has 0 bridgehead atoms. The molecule has 1 heterocycles. The van der Waals surface area contributed by atoms with Gasteiger partial charge in [-0.3, -0.25) is 14.6 Å². The number of hydrogen-bond acceptors (Lipinski definition) is 7. The highest BCUT2D eigenvalue weighted by Gasteiger charge is 2.23. The quantitative estimate of drug-likeness (QED) is 0.396. The second kappa shape index (κ2) is 12.2. The summed E-state index contributed by atoms with van der Waals surface area (Å²) < 4.78 is 0. The Morgan fingerprint density at radius 1 is 1.38 bits per heavy atom. The fraction of sp³-hybridized carbons (Fsp3) is 0.611. The number of unbranched alkanes of at least 4 members (excludes halogenated alkanes) is 2. The van der Waals surface area contributed by atoms with Crippen LogP contribution in [0.4, 0.5) is 0 Å². The third-order valence-corrected chi connectivity index (χ3v) is 3.72. The number of rotatable bonds is 10. The van der Waals surface area contributed by atoms with E-state index in [-0.39, 0.29) is 12.3 Å². The summed E-state index contributed by atoms with van der Waals surface area (Å²) in [5.74, 6) is 0.100. The molecule has 1 rings (SSSR count). The summed E-state index contributed by atoms with van der Waals surface area (Å²) in [5.41, 5.74) is 18.7. The zero-order chi connectivity index (χ0) is 19.4. The maximum Gasteiger partial charge on any atom is 0.273 e. The van der Waals surface area contributed by atoms with Crippen LogP contribution >= 0.6 is 0 Å². The second-order valence-corrected chi connectivity index (χ2v) is 5.94. The molecule has 26 heavy (non-hydrogen) atoms. The monoisotopic (exact) mass is 364 g/mol. The lowest BCUT2D eigenvalue weighted by Gasteiger charge is -2.21. The molecule has 8 nitrogen and oxygen atoms in total. The Hall–Kier alpha value is -2.19. The molecule has 0 saturated heterocycles. The Balaban J connectivity index is 3.06. The van der Waals surface area contributed by atoms with Crippen LogP contribution in [0.25, 0.3) is 0 Å². The van der Waals surface area contributed by atoms with Crippen LogP contribution < -0.4 is 17.2 Å². The molecule has 0 aromatic carbocycles. The number of allylic oxidation sites excluding steroid dienone is 1. The lowest BCUT2D eigenvalue weighted by molar-refractivity contribution is -0.180. The van der Waals surface area contributed by atoms with Crippen LogP contribution in [0.5, 0.6) is 0 Å². The molecule has 0 spiro atoms. The molecule has 0 atom stereocenters. The van der Waals surface area contributed by atoms with E-state index in [1.165, 1.54) is 11.3 Å². The minimum atomic E-state index is -0.221. The van der Waals surface area contributed by atoms with Gasteiger partial charge < -0.3 is 17.2 Å². The van der Waals surface area contributed by atoms with Gasteiger partial charge in [0.25, 0.3) is 5.91 Å². The van der Waals surface area contributed by atoms with Gasteiger partial charge in [0.05, 0.1) is 12.3 Å². The van der Waals surface area contributed by atoms with E-state index in [2.05, 4.69) is 9.98 Å². The topological polar surface area (TPSA) is 132 Å². The number of carbonyl (C=O) groups is 1. The average molecular weight is 364 g/mol. The molecule has 0 radical (unpaired) electrons. The Morgan fingerprint density at radius 2 is 2.15 bits per heavy atom. The Kier molecular flexibility index (Phi) is 10.3. The highest BCUT2D eigenvalue weighted by atomic mass is 16.7. The number of nitrogens with zero attached hydrogens (tertiary/aromatic N) is 3. The van der Waals surface area contributed by atoms with Crippen molar-refractivity contribution < 1.29 is 9.63 Å². The van der Waals surface area contributed by atoms with E-state index in [1.54, 1.807) is 6.08 Å². The van der Waals surface area contributed by atoms with E-state index in [0.717, 1.165) is 25.7 Å². The molecular formula is C18H32N6O2. The zero-order valence-electron chi connectivity index (χ0n) is 15.9. The van der Waals surface area contributed by atoms with Gasteiger partial charge in [-0.05, 0) is 38.8 Å². The predicted molar refractivity (Wildman–Crippen MR) is 105 cm³/mol. The summed E-state index contributed by atoms with van der Waals surface area (Å²) >= 11 is 0. The number of aliphatic imine (C=N–C) groups is 2. The van der Waals surface area contributed by atoms with Gasteiger partial charge in [0.15, 0.2) is 0 Å². The summed E-state index contributed by atoms with van der Waals surface area (Å²) in [6, 6.07) is 0. The van der Waals surface area contributed by atoms with Crippen molar-refractivity contribution >= 4 is 17.5 Å². The maximum absolute atomic E-state index is 12.8. The molecule has 8 heteroatoms. The van der Waals surface area contributed by atoms with Gasteiger partial charge >= 0.3 is 0 Å². The normalized spacial score (nSPS) is 17.8. The van der Waals surface area contributed by atoms with Crippen molar-refractivity contribution in [3.63, 3.8) is 0 Å². The summed E-state index contributed by atoms with van der Waals surface area (Å²) in [5, 5.41) is 1.37. The highest BCUT2D eigenvalue weighted by molar-refractivity contribution is 6.16. The van der Waals surface area contributed by atoms with Crippen molar-refractivity contribution in [3.8, 4) is 0 Å². The van der Waals surface area contributed by atoms with E-state index in [1.807, 2.05) is 13.8 Å². The van der Waals surface area contributed by atoms with Gasteiger partial charge in [-0.2, -0.15) is 0 Å². The van der Waals surface area contributed by atoms with Crippen molar-refractivity contribution in [1.29, 1.82) is 0 Å². The zero-order valence-corrected chi connectivity index (χ0v) is 15.9. The molecule has 146 valence electrons. The van der Waals surface area contributed by atoms with Crippen LogP contribution in [0.1, 0.15) is 46.0 Å². The fourth-order valence-electron chi connectivity index (χ4n) is 2.50. The third kappa shape index (κ3) is 6.97. The molecule has 0 aromatic rings. The largest absolute Gasteiger partial charge is 0.403 e. The number of amidine groups is 1. The predicted octanol–water partition coefficient (Wildman–Crippen LogP) is 1.23. The van der Waals surface area contributed by atoms with Gasteiger partial charge in [-0.1, -0.05) is 13.3 Å². The van der Waals surface area contributed by atoms with Crippen LogP contribution in [0.15, 0.2) is 33.5 Å². The molecule has 1 aliphatic rings. The van der Waals surface area contributed by atoms with E-state index >= 15 is 0 Å². The molecule has 1 aliphatic heterocycles. The maximum atomic E-state index is 12.8. The molecule has 0 fully saturated rings. The number of amides is 1. The van der Waals surface area contributed by atoms with Crippen molar-refractivity contribution in [2.75, 3.05) is 26.2 Å². The first kappa shape index (κ1) is 21.9. The van der Waals surface area contributed by atoms with Gasteiger partial charge in [0.2, 0.25) is 0 Å². The smallest absolute Gasteiger partial charge is 0.273 e. The van der Waals surface area contributed by atoms with E-state index < -0.39 is 0 Å². The first-order valence-electron chi connectivity index (χ1n) is 9.22. The van der Waals surface area contributed by atoms with Crippen molar-refractivity contribution in [3.05, 3.63) is 23.5 Å². The number of hydroxylamine groups is 2. The lowest BCUT2D eigenvalue weighted by atomic mass is 10.1. The molecule has 0 aromatic heterocycles. The van der Waals surface area contributed by atoms with Crippen molar-refractivity contribution in [2.24, 2.45) is 27.2 Å². The van der Waals surface area contributed by atoms with Crippen LogP contribution in [0, 0.1) is 0 Å². The van der Waals surface area contributed by atoms with Crippen LogP contribution in [-0.2, 0) is 9.63 Å². The van der Waals surface area contributed by atoms with E-state index in [0.29, 0.717) is 49.1 Å². The fourth-order valence-corrected chi connectivity index (χ4v) is 2.50. The van der Waals surface area contributed by atoms with Gasteiger partial charge in [0, 0.05) is 31.3 Å². The molecular weight excluding hydrogens is 332 g/mol. The summed E-state index contributed by atoms with van der Waals surface area (Å²) in [6.45, 7) is 6.04. The SMILES string of the molecule is CCCN(OCC)C(=O)C1=CC(=NCCCCCN)C(=CN)N=C(N)C1. The molecule has 1 amide bonds. The molecule has 6 N–H and O–H groups in total. The lowest BCUT2D eigenvalue weighted by Crippen LogP contribution is -2.34. The van der Waals surface area contributed by atoms with Crippen molar-refractivity contribution in [2.45, 2.75) is 46.0 Å². The number of hydrogen-bond donors (Lipinski definition) is 3. The summed E-state index contributed by atoms with van der Waals surface area (Å²) in [4.78, 5) is 27.1. The van der Waals surface area contributed by atoms with Gasteiger partial charge in [-0.15, -0.1) is 0 Å². The minimum Gasteiger partial charge on any atom is -0.403 e. The number of carbonyl (C=O) groups excluding carboxylic acids is 1. The van der Waals surface area contributed by atoms with Crippen LogP contribution in [-0.4, -0.2) is 48.8 Å². The standard InChI is InChI=1S/C18H32N6O2/c1-3-10-24(26-4-2)18(25)14-11-15(22-9-7-5-6-8-19)16(13-20)23-17(21)12-14/h11,13H,3-10,12,19-20H2,1-2H3,(H2,21,23). The molecule has 0 aliphatic carbocycles. The molecule has 0 unspecified atom stereocenters. The summed E-state index contributed by atoms with van der Waals surface area (Å²) in [7, 11) is 0. The van der Waals surface area contributed by atoms with Crippen molar-refractivity contribution in [1.82, 2.24) is 5.06 Å². The first-order valence-corrected chi connectivity index (χ1v) is 9.22. The van der Waals surface area contributed by atoms with Gasteiger partial charge in [0.1, 0.15) is 11.5 Å². The van der Waals surface area contributed by atoms with Crippen LogP contribution in [0.3, 0.4) is 0 Å². The Morgan fingerprint density at radius 3 is 2.77 bits per heavy atom. The Labute approximate surface area is 155 Å². The third-order valence-electron chi connectivity index (χ3n) is 3.72. The van der Waals surface area contributed by atoms with E-state index in [4.69, 9.17) is 22.0 Å².